The van der Waals surface area contributed by atoms with Gasteiger partial charge in [-0.25, -0.2) is 9.78 Å². The van der Waals surface area contributed by atoms with Crippen molar-refractivity contribution in [1.29, 1.82) is 0 Å². The van der Waals surface area contributed by atoms with E-state index >= 15 is 0 Å². The van der Waals surface area contributed by atoms with Crippen LogP contribution in [0.15, 0.2) is 54.6 Å². The number of amides is 1. The molecule has 1 N–H and O–H groups in total. The lowest BCUT2D eigenvalue weighted by Gasteiger charge is -2.14. The molecular weight excluding hydrogens is 372 g/mol. The van der Waals surface area contributed by atoms with Gasteiger partial charge in [0.1, 0.15) is 5.01 Å². The van der Waals surface area contributed by atoms with Gasteiger partial charge in [-0.1, -0.05) is 43.3 Å². The van der Waals surface area contributed by atoms with E-state index in [1.807, 2.05) is 55.5 Å². The average molecular weight is 394 g/mol. The number of rotatable bonds is 7. The summed E-state index contributed by atoms with van der Waals surface area (Å²) in [6, 6.07) is 15.7. The van der Waals surface area contributed by atoms with Crippen LogP contribution in [0.1, 0.15) is 36.0 Å². The summed E-state index contributed by atoms with van der Waals surface area (Å²) >= 11 is 1.49. The first-order valence-corrected chi connectivity index (χ1v) is 9.95. The third-order valence-corrected chi connectivity index (χ3v) is 5.29. The van der Waals surface area contributed by atoms with Crippen LogP contribution >= 0.6 is 11.3 Å². The van der Waals surface area contributed by atoms with Gasteiger partial charge < -0.3 is 10.1 Å². The molecule has 6 heteroatoms. The maximum Gasteiger partial charge on any atom is 0.331 e. The third kappa shape index (κ3) is 5.27. The minimum atomic E-state index is -0.575. The number of aryl methyl sites for hydroxylation is 1. The smallest absolute Gasteiger partial charge is 0.331 e. The van der Waals surface area contributed by atoms with Crippen LogP contribution in [0.25, 0.3) is 16.3 Å². The summed E-state index contributed by atoms with van der Waals surface area (Å²) in [5, 5.41) is 3.54. The van der Waals surface area contributed by atoms with Gasteiger partial charge in [-0.2, -0.15) is 0 Å². The Labute approximate surface area is 168 Å². The molecule has 0 spiro atoms. The summed E-state index contributed by atoms with van der Waals surface area (Å²) in [6.45, 7) is 3.67. The van der Waals surface area contributed by atoms with E-state index in [1.165, 1.54) is 23.0 Å². The Kier molecular flexibility index (Phi) is 6.55. The zero-order chi connectivity index (χ0) is 19.9. The molecule has 28 heavy (non-hydrogen) atoms. The topological polar surface area (TPSA) is 68.3 Å². The lowest BCUT2D eigenvalue weighted by Crippen LogP contribution is -2.30. The molecule has 144 valence electrons. The summed E-state index contributed by atoms with van der Waals surface area (Å²) in [5.41, 5.74) is 3.14. The van der Waals surface area contributed by atoms with Crippen molar-refractivity contribution in [3.05, 3.63) is 70.7 Å². The highest BCUT2D eigenvalue weighted by Gasteiger charge is 2.11. The average Bonchev–Trinajstić information content (AvgIpc) is 3.13. The number of nitrogens with one attached hydrogen (secondary N) is 1. The molecule has 3 rings (SSSR count). The van der Waals surface area contributed by atoms with Gasteiger partial charge in [0.25, 0.3) is 5.91 Å². The fraction of sp³-hybridized carbons (Fsp3) is 0.227. The molecule has 1 atom stereocenters. The predicted molar refractivity (Wildman–Crippen MR) is 112 cm³/mol. The highest BCUT2D eigenvalue weighted by molar-refractivity contribution is 7.19. The molecule has 0 unspecified atom stereocenters. The van der Waals surface area contributed by atoms with Crippen LogP contribution in [-0.2, 0) is 20.7 Å². The Morgan fingerprint density at radius 1 is 1.18 bits per heavy atom. The van der Waals surface area contributed by atoms with Gasteiger partial charge in [-0.05, 0) is 42.7 Å². The van der Waals surface area contributed by atoms with Crippen molar-refractivity contribution in [2.24, 2.45) is 0 Å². The van der Waals surface area contributed by atoms with Crippen molar-refractivity contribution < 1.29 is 14.3 Å². The number of hydrogen-bond acceptors (Lipinski definition) is 5. The first-order valence-electron chi connectivity index (χ1n) is 9.13. The molecule has 0 fully saturated rings. The molecule has 0 radical (unpaired) electrons. The van der Waals surface area contributed by atoms with Crippen molar-refractivity contribution in [2.75, 3.05) is 6.61 Å². The highest BCUT2D eigenvalue weighted by Crippen LogP contribution is 2.22. The number of esters is 1. The van der Waals surface area contributed by atoms with Crippen molar-refractivity contribution in [3.8, 4) is 0 Å². The lowest BCUT2D eigenvalue weighted by atomic mass is 10.1. The number of thiazole rings is 1. The predicted octanol–water partition coefficient (Wildman–Crippen LogP) is 4.29. The van der Waals surface area contributed by atoms with Crippen LogP contribution < -0.4 is 5.32 Å². The van der Waals surface area contributed by atoms with E-state index in [-0.39, 0.29) is 18.6 Å². The summed E-state index contributed by atoms with van der Waals surface area (Å²) in [4.78, 5) is 28.3. The maximum atomic E-state index is 12.0. The number of hydrogen-bond donors (Lipinski definition) is 1. The molecule has 1 amide bonds. The standard InChI is InChI=1S/C22H22N2O3S/c1-3-16-8-10-17(11-9-16)15(2)23-20(25)14-27-22(26)13-12-21-24-18-6-4-5-7-19(18)28-21/h4-13,15H,3,14H2,1-2H3,(H,23,25)/b13-12+/t15-/m1/s1. The molecule has 0 saturated carbocycles. The quantitative estimate of drug-likeness (QED) is 0.479. The number of carbonyl (C=O) groups excluding carboxylic acids is 2. The molecule has 0 bridgehead atoms. The van der Waals surface area contributed by atoms with E-state index < -0.39 is 5.97 Å². The Bertz CT molecular complexity index is 959. The fourth-order valence-corrected chi connectivity index (χ4v) is 3.56. The van der Waals surface area contributed by atoms with E-state index in [4.69, 9.17) is 4.74 Å². The molecule has 0 saturated heterocycles. The van der Waals surface area contributed by atoms with Crippen molar-refractivity contribution in [3.63, 3.8) is 0 Å². The number of ether oxygens (including phenoxy) is 1. The Morgan fingerprint density at radius 3 is 2.64 bits per heavy atom. The van der Waals surface area contributed by atoms with Gasteiger partial charge in [0.2, 0.25) is 0 Å². The van der Waals surface area contributed by atoms with Crippen LogP contribution in [0.4, 0.5) is 0 Å². The second-order valence-corrected chi connectivity index (χ2v) is 7.41. The summed E-state index contributed by atoms with van der Waals surface area (Å²) in [5.74, 6) is -0.914. The Morgan fingerprint density at radius 2 is 1.93 bits per heavy atom. The molecular formula is C22H22N2O3S. The van der Waals surface area contributed by atoms with Gasteiger partial charge in [-0.15, -0.1) is 11.3 Å². The zero-order valence-corrected chi connectivity index (χ0v) is 16.7. The summed E-state index contributed by atoms with van der Waals surface area (Å²) in [6.07, 6.45) is 3.86. The zero-order valence-electron chi connectivity index (χ0n) is 15.8. The maximum absolute atomic E-state index is 12.0. The number of para-hydroxylation sites is 1. The number of aromatic nitrogens is 1. The van der Waals surface area contributed by atoms with Crippen LogP contribution in [0, 0.1) is 0 Å². The number of carbonyl (C=O) groups is 2. The molecule has 0 aliphatic carbocycles. The van der Waals surface area contributed by atoms with E-state index in [9.17, 15) is 9.59 Å². The van der Waals surface area contributed by atoms with E-state index in [0.717, 1.165) is 22.2 Å². The summed E-state index contributed by atoms with van der Waals surface area (Å²) < 4.78 is 6.06. The molecule has 1 heterocycles. The largest absolute Gasteiger partial charge is 0.452 e. The SMILES string of the molecule is CCc1ccc([C@@H](C)NC(=O)COC(=O)/C=C/c2nc3ccccc3s2)cc1. The van der Waals surface area contributed by atoms with Crippen LogP contribution in [0.2, 0.25) is 0 Å². The molecule has 0 aliphatic rings. The van der Waals surface area contributed by atoms with Gasteiger partial charge in [-0.3, -0.25) is 4.79 Å². The van der Waals surface area contributed by atoms with Gasteiger partial charge in [0, 0.05) is 6.08 Å². The van der Waals surface area contributed by atoms with Gasteiger partial charge >= 0.3 is 5.97 Å². The fourth-order valence-electron chi connectivity index (χ4n) is 2.69. The number of nitrogens with zero attached hydrogens (tertiary/aromatic N) is 1. The van der Waals surface area contributed by atoms with Gasteiger partial charge in [0.15, 0.2) is 6.61 Å². The Balaban J connectivity index is 1.47. The second-order valence-electron chi connectivity index (χ2n) is 6.35. The lowest BCUT2D eigenvalue weighted by molar-refractivity contribution is -0.144. The van der Waals surface area contributed by atoms with Crippen molar-refractivity contribution in [2.45, 2.75) is 26.3 Å². The minimum absolute atomic E-state index is 0.157. The molecule has 5 nitrogen and oxygen atoms in total. The third-order valence-electron chi connectivity index (χ3n) is 4.28. The normalized spacial score (nSPS) is 12.2. The van der Waals surface area contributed by atoms with E-state index in [0.29, 0.717) is 5.01 Å². The summed E-state index contributed by atoms with van der Waals surface area (Å²) in [7, 11) is 0. The van der Waals surface area contributed by atoms with Crippen LogP contribution in [0.3, 0.4) is 0 Å². The second kappa shape index (κ2) is 9.28. The van der Waals surface area contributed by atoms with Crippen LogP contribution in [0.5, 0.6) is 0 Å². The van der Waals surface area contributed by atoms with Crippen LogP contribution in [-0.4, -0.2) is 23.5 Å². The molecule has 3 aromatic rings. The molecule has 2 aromatic carbocycles. The van der Waals surface area contributed by atoms with Crippen molar-refractivity contribution in [1.82, 2.24) is 10.3 Å². The van der Waals surface area contributed by atoms with E-state index in [2.05, 4.69) is 17.2 Å². The molecule has 0 aliphatic heterocycles. The van der Waals surface area contributed by atoms with Crippen molar-refractivity contribution >= 4 is 39.5 Å². The molecule has 1 aromatic heterocycles. The first kappa shape index (κ1) is 19.8. The highest BCUT2D eigenvalue weighted by atomic mass is 32.1. The number of fused-ring (bicyclic) bond motifs is 1. The number of benzene rings is 2. The minimum Gasteiger partial charge on any atom is -0.452 e. The van der Waals surface area contributed by atoms with Gasteiger partial charge in [0.05, 0.1) is 16.3 Å². The monoisotopic (exact) mass is 394 g/mol. The first-order chi connectivity index (χ1) is 13.5. The van der Waals surface area contributed by atoms with E-state index in [1.54, 1.807) is 6.08 Å². The Hall–Kier alpha value is -2.99.